The Morgan fingerprint density at radius 2 is 2.03 bits per heavy atom. The van der Waals surface area contributed by atoms with Crippen molar-refractivity contribution in [3.8, 4) is 5.75 Å². The number of benzene rings is 1. The van der Waals surface area contributed by atoms with Gasteiger partial charge in [-0.15, -0.1) is 0 Å². The second-order valence-electron chi connectivity index (χ2n) is 8.98. The molecular formula is C23H35FN8O. The highest BCUT2D eigenvalue weighted by Gasteiger charge is 2.31. The summed E-state index contributed by atoms with van der Waals surface area (Å²) in [4.78, 5) is 18.1. The molecule has 33 heavy (non-hydrogen) atoms. The first kappa shape index (κ1) is 23.4. The van der Waals surface area contributed by atoms with Gasteiger partial charge in [0, 0.05) is 36.9 Å². The number of likely N-dealkylation sites (N-methyl/N-ethyl adjacent to an activating group) is 1. The fraction of sp³-hybridized carbons (Fsp3) is 0.609. The van der Waals surface area contributed by atoms with Crippen LogP contribution in [-0.4, -0.2) is 65.2 Å². The second kappa shape index (κ2) is 10.5. The van der Waals surface area contributed by atoms with Gasteiger partial charge in [0.15, 0.2) is 11.6 Å². The van der Waals surface area contributed by atoms with Crippen LogP contribution in [-0.2, 0) is 0 Å². The third-order valence-corrected chi connectivity index (χ3v) is 6.84. The van der Waals surface area contributed by atoms with Gasteiger partial charge < -0.3 is 26.4 Å². The van der Waals surface area contributed by atoms with Crippen LogP contribution >= 0.6 is 0 Å². The van der Waals surface area contributed by atoms with E-state index < -0.39 is 5.82 Å². The Bertz CT molecular complexity index is 945. The van der Waals surface area contributed by atoms with E-state index in [1.165, 1.54) is 19.6 Å². The SMILES string of the molecule is CCN1CCCC1CN(CC1CCCC1N)c1nc(N)nc(Nc2ccc(OC)c(F)c2)n1. The Balaban J connectivity index is 1.58. The van der Waals surface area contributed by atoms with Crippen molar-refractivity contribution in [1.29, 1.82) is 0 Å². The number of nitrogens with one attached hydrogen (secondary N) is 1. The summed E-state index contributed by atoms with van der Waals surface area (Å²) in [6.45, 7) is 5.95. The summed E-state index contributed by atoms with van der Waals surface area (Å²) < 4.78 is 19.1. The van der Waals surface area contributed by atoms with Crippen LogP contribution in [0.1, 0.15) is 39.0 Å². The van der Waals surface area contributed by atoms with Crippen molar-refractivity contribution < 1.29 is 9.13 Å². The number of rotatable bonds is 9. The molecule has 2 aliphatic rings. The van der Waals surface area contributed by atoms with E-state index >= 15 is 0 Å². The van der Waals surface area contributed by atoms with E-state index in [0.29, 0.717) is 23.6 Å². The van der Waals surface area contributed by atoms with Gasteiger partial charge in [-0.05, 0) is 56.8 Å². The van der Waals surface area contributed by atoms with Crippen LogP contribution in [0.4, 0.5) is 27.9 Å². The molecule has 4 rings (SSSR count). The molecule has 9 nitrogen and oxygen atoms in total. The molecule has 180 valence electrons. The molecule has 3 unspecified atom stereocenters. The van der Waals surface area contributed by atoms with Crippen molar-refractivity contribution in [2.24, 2.45) is 11.7 Å². The first-order valence-corrected chi connectivity index (χ1v) is 11.8. The molecule has 0 bridgehead atoms. The quantitative estimate of drug-likeness (QED) is 0.521. The van der Waals surface area contributed by atoms with E-state index in [-0.39, 0.29) is 23.7 Å². The first-order chi connectivity index (χ1) is 16.0. The summed E-state index contributed by atoms with van der Waals surface area (Å²) in [5.41, 5.74) is 13.0. The monoisotopic (exact) mass is 458 g/mol. The number of hydrogen-bond acceptors (Lipinski definition) is 9. The van der Waals surface area contributed by atoms with Crippen molar-refractivity contribution in [3.05, 3.63) is 24.0 Å². The molecule has 2 fully saturated rings. The molecular weight excluding hydrogens is 423 g/mol. The number of nitrogen functional groups attached to an aromatic ring is 1. The first-order valence-electron chi connectivity index (χ1n) is 11.8. The highest BCUT2D eigenvalue weighted by atomic mass is 19.1. The zero-order chi connectivity index (χ0) is 23.4. The molecule has 1 aliphatic carbocycles. The zero-order valence-electron chi connectivity index (χ0n) is 19.5. The van der Waals surface area contributed by atoms with Crippen LogP contribution in [0.15, 0.2) is 18.2 Å². The third kappa shape index (κ3) is 5.62. The summed E-state index contributed by atoms with van der Waals surface area (Å²) in [5.74, 6) is 1.03. The van der Waals surface area contributed by atoms with Crippen LogP contribution in [0.5, 0.6) is 5.75 Å². The molecule has 0 radical (unpaired) electrons. The lowest BCUT2D eigenvalue weighted by molar-refractivity contribution is 0.265. The molecule has 10 heteroatoms. The number of methoxy groups -OCH3 is 1. The van der Waals surface area contributed by atoms with Gasteiger partial charge in [0.2, 0.25) is 17.8 Å². The van der Waals surface area contributed by atoms with Crippen LogP contribution in [0.25, 0.3) is 0 Å². The maximum Gasteiger partial charge on any atom is 0.233 e. The molecule has 1 aromatic heterocycles. The normalized spacial score (nSPS) is 23.1. The van der Waals surface area contributed by atoms with Crippen LogP contribution in [0, 0.1) is 11.7 Å². The van der Waals surface area contributed by atoms with Crippen molar-refractivity contribution in [2.45, 2.75) is 51.1 Å². The molecule has 5 N–H and O–H groups in total. The predicted octanol–water partition coefficient (Wildman–Crippen LogP) is 2.76. The summed E-state index contributed by atoms with van der Waals surface area (Å²) in [6, 6.07) is 5.23. The van der Waals surface area contributed by atoms with Crippen molar-refractivity contribution in [2.75, 3.05) is 49.2 Å². The standard InChI is InChI=1S/C23H35FN8O/c1-3-31-11-5-7-17(31)14-32(13-15-6-4-8-19(15)25)23-29-21(26)28-22(30-23)27-16-9-10-20(33-2)18(24)12-16/h9-10,12,15,17,19H,3-8,11,13-14,25H2,1-2H3,(H3,26,27,28,29,30). The molecule has 1 aliphatic heterocycles. The molecule has 1 saturated heterocycles. The minimum Gasteiger partial charge on any atom is -0.494 e. The van der Waals surface area contributed by atoms with Gasteiger partial charge in [0.05, 0.1) is 7.11 Å². The lowest BCUT2D eigenvalue weighted by Gasteiger charge is -2.33. The van der Waals surface area contributed by atoms with Gasteiger partial charge >= 0.3 is 0 Å². The Morgan fingerprint density at radius 3 is 2.73 bits per heavy atom. The zero-order valence-corrected chi connectivity index (χ0v) is 19.5. The van der Waals surface area contributed by atoms with Gasteiger partial charge in [-0.3, -0.25) is 4.90 Å². The van der Waals surface area contributed by atoms with Crippen LogP contribution in [0.3, 0.4) is 0 Å². The molecule has 0 amide bonds. The summed E-state index contributed by atoms with van der Waals surface area (Å²) >= 11 is 0. The molecule has 2 aromatic rings. The lowest BCUT2D eigenvalue weighted by atomic mass is 10.0. The minimum absolute atomic E-state index is 0.121. The topological polar surface area (TPSA) is 118 Å². The van der Waals surface area contributed by atoms with Gasteiger partial charge in [0.25, 0.3) is 0 Å². The molecule has 0 spiro atoms. The van der Waals surface area contributed by atoms with E-state index in [9.17, 15) is 4.39 Å². The summed E-state index contributed by atoms with van der Waals surface area (Å²) in [7, 11) is 1.43. The Labute approximate surface area is 194 Å². The van der Waals surface area contributed by atoms with Crippen molar-refractivity contribution in [3.63, 3.8) is 0 Å². The van der Waals surface area contributed by atoms with Gasteiger partial charge in [0.1, 0.15) is 0 Å². The number of ether oxygens (including phenoxy) is 1. The van der Waals surface area contributed by atoms with E-state index in [1.807, 2.05) is 0 Å². The van der Waals surface area contributed by atoms with E-state index in [2.05, 4.69) is 37.0 Å². The Kier molecular flexibility index (Phi) is 7.44. The van der Waals surface area contributed by atoms with Crippen molar-refractivity contribution >= 4 is 23.5 Å². The summed E-state index contributed by atoms with van der Waals surface area (Å²) in [5, 5.41) is 3.05. The molecule has 1 saturated carbocycles. The average Bonchev–Trinajstić information content (AvgIpc) is 3.41. The Morgan fingerprint density at radius 1 is 1.18 bits per heavy atom. The summed E-state index contributed by atoms with van der Waals surface area (Å²) in [6.07, 6.45) is 5.66. The number of nitrogens with two attached hydrogens (primary N) is 2. The van der Waals surface area contributed by atoms with Gasteiger partial charge in [-0.2, -0.15) is 15.0 Å². The minimum atomic E-state index is -0.470. The highest BCUT2D eigenvalue weighted by molar-refractivity contribution is 5.57. The maximum absolute atomic E-state index is 14.1. The number of halogens is 1. The fourth-order valence-corrected chi connectivity index (χ4v) is 5.04. The lowest BCUT2D eigenvalue weighted by Crippen LogP contribution is -2.45. The number of nitrogens with zero attached hydrogens (tertiary/aromatic N) is 5. The number of anilines is 4. The molecule has 1 aromatic carbocycles. The number of likely N-dealkylation sites (tertiary alicyclic amines) is 1. The van der Waals surface area contributed by atoms with Gasteiger partial charge in [-0.1, -0.05) is 13.3 Å². The maximum atomic E-state index is 14.1. The van der Waals surface area contributed by atoms with Crippen LogP contribution in [0.2, 0.25) is 0 Å². The van der Waals surface area contributed by atoms with E-state index in [4.69, 9.17) is 16.2 Å². The van der Waals surface area contributed by atoms with Gasteiger partial charge in [-0.25, -0.2) is 4.39 Å². The largest absolute Gasteiger partial charge is 0.494 e. The Hall–Kier alpha value is -2.72. The van der Waals surface area contributed by atoms with Crippen LogP contribution < -0.4 is 26.4 Å². The number of hydrogen-bond donors (Lipinski definition) is 3. The smallest absolute Gasteiger partial charge is 0.233 e. The highest BCUT2D eigenvalue weighted by Crippen LogP contribution is 2.29. The molecule has 3 atom stereocenters. The fourth-order valence-electron chi connectivity index (χ4n) is 5.04. The molecule has 2 heterocycles. The van der Waals surface area contributed by atoms with Crippen molar-refractivity contribution in [1.82, 2.24) is 19.9 Å². The average molecular weight is 459 g/mol. The third-order valence-electron chi connectivity index (χ3n) is 6.84. The van der Waals surface area contributed by atoms with E-state index in [0.717, 1.165) is 51.9 Å². The van der Waals surface area contributed by atoms with E-state index in [1.54, 1.807) is 12.1 Å². The predicted molar refractivity (Wildman–Crippen MR) is 128 cm³/mol. The second-order valence-corrected chi connectivity index (χ2v) is 8.98. The number of aromatic nitrogens is 3.